The number of aryl methyl sites for hydroxylation is 1. The highest BCUT2D eigenvalue weighted by Gasteiger charge is 2.55. The van der Waals surface area contributed by atoms with Gasteiger partial charge in [0.2, 0.25) is 0 Å². The Morgan fingerprint density at radius 2 is 2.06 bits per heavy atom. The van der Waals surface area contributed by atoms with Gasteiger partial charge in [-0.2, -0.15) is 0 Å². The number of nitrogens with one attached hydrogen (secondary N) is 1. The summed E-state index contributed by atoms with van der Waals surface area (Å²) in [6.07, 6.45) is 4.39. The van der Waals surface area contributed by atoms with E-state index < -0.39 is 47.4 Å². The van der Waals surface area contributed by atoms with Crippen LogP contribution in [0.2, 0.25) is 0 Å². The standard InChI is InChI=1S/C22H26N4O7/c1-14-5-2-3-9-22(14)20(29)25(21(30)23-22)12-19(28)33-13-18(27)24-10-4-6-15-11-16(26(31)32)7-8-17(15)24/h7-8,11,14H,2-6,9-10,12-13H2,1H3,(H,23,30). The number of esters is 1. The number of hydrogen-bond donors (Lipinski definition) is 1. The van der Waals surface area contributed by atoms with Crippen LogP contribution in [0.1, 0.15) is 44.6 Å². The van der Waals surface area contributed by atoms with Gasteiger partial charge >= 0.3 is 12.0 Å². The Hall–Kier alpha value is -3.50. The van der Waals surface area contributed by atoms with Gasteiger partial charge < -0.3 is 15.0 Å². The lowest BCUT2D eigenvalue weighted by atomic mass is 9.73. The number of carbonyl (C=O) groups is 4. The molecule has 3 aliphatic rings. The van der Waals surface area contributed by atoms with E-state index in [1.165, 1.54) is 23.1 Å². The third-order valence-electron chi connectivity index (χ3n) is 6.84. The van der Waals surface area contributed by atoms with Crippen molar-refractivity contribution in [1.82, 2.24) is 10.2 Å². The molecule has 0 radical (unpaired) electrons. The number of carbonyl (C=O) groups excluding carboxylic acids is 4. The van der Waals surface area contributed by atoms with Crippen molar-refractivity contribution in [1.29, 1.82) is 0 Å². The van der Waals surface area contributed by atoms with Crippen molar-refractivity contribution in [2.75, 3.05) is 24.6 Å². The molecule has 1 saturated carbocycles. The number of hydrogen-bond acceptors (Lipinski definition) is 7. The van der Waals surface area contributed by atoms with Crippen molar-refractivity contribution >= 4 is 35.2 Å². The molecule has 2 fully saturated rings. The van der Waals surface area contributed by atoms with Gasteiger partial charge in [-0.15, -0.1) is 0 Å². The van der Waals surface area contributed by atoms with Gasteiger partial charge in [-0.25, -0.2) is 4.79 Å². The van der Waals surface area contributed by atoms with Gasteiger partial charge in [0.1, 0.15) is 12.1 Å². The maximum Gasteiger partial charge on any atom is 0.326 e. The average Bonchev–Trinajstić information content (AvgIpc) is 3.03. The van der Waals surface area contributed by atoms with Gasteiger partial charge in [-0.1, -0.05) is 19.8 Å². The van der Waals surface area contributed by atoms with E-state index in [1.54, 1.807) is 0 Å². The highest BCUT2D eigenvalue weighted by Crippen LogP contribution is 2.38. The first-order valence-corrected chi connectivity index (χ1v) is 11.1. The summed E-state index contributed by atoms with van der Waals surface area (Å²) in [5.41, 5.74) is 0.218. The van der Waals surface area contributed by atoms with Crippen LogP contribution in [0.25, 0.3) is 0 Å². The fourth-order valence-electron chi connectivity index (χ4n) is 4.99. The number of nitrogens with zero attached hydrogens (tertiary/aromatic N) is 3. The molecule has 2 aliphatic heterocycles. The first kappa shape index (κ1) is 22.7. The van der Waals surface area contributed by atoms with Crippen molar-refractivity contribution in [2.24, 2.45) is 5.92 Å². The van der Waals surface area contributed by atoms with Gasteiger partial charge in [-0.3, -0.25) is 29.4 Å². The summed E-state index contributed by atoms with van der Waals surface area (Å²) in [5, 5.41) is 13.8. The minimum Gasteiger partial charge on any atom is -0.454 e. The lowest BCUT2D eigenvalue weighted by Crippen LogP contribution is -2.54. The van der Waals surface area contributed by atoms with E-state index in [-0.39, 0.29) is 11.6 Å². The molecular weight excluding hydrogens is 432 g/mol. The summed E-state index contributed by atoms with van der Waals surface area (Å²) in [7, 11) is 0. The Kier molecular flexibility index (Phi) is 6.05. The van der Waals surface area contributed by atoms with E-state index in [2.05, 4.69) is 5.32 Å². The van der Waals surface area contributed by atoms with E-state index in [0.29, 0.717) is 37.1 Å². The van der Waals surface area contributed by atoms with E-state index in [1.807, 2.05) is 6.92 Å². The fourth-order valence-corrected chi connectivity index (χ4v) is 4.99. The molecule has 1 aromatic rings. The number of imide groups is 1. The molecule has 11 nitrogen and oxygen atoms in total. The molecule has 1 aromatic carbocycles. The number of urea groups is 1. The maximum absolute atomic E-state index is 12.9. The lowest BCUT2D eigenvalue weighted by molar-refractivity contribution is -0.384. The number of fused-ring (bicyclic) bond motifs is 1. The highest BCUT2D eigenvalue weighted by atomic mass is 16.6. The largest absolute Gasteiger partial charge is 0.454 e. The topological polar surface area (TPSA) is 139 Å². The molecule has 1 spiro atoms. The zero-order valence-corrected chi connectivity index (χ0v) is 18.4. The minimum absolute atomic E-state index is 0.0275. The molecule has 0 bridgehead atoms. The molecule has 2 unspecified atom stereocenters. The SMILES string of the molecule is CC1CCCCC12NC(=O)N(CC(=O)OCC(=O)N1CCCc3cc([N+](=O)[O-])ccc31)C2=O. The Balaban J connectivity index is 1.36. The second-order valence-electron chi connectivity index (χ2n) is 8.82. The maximum atomic E-state index is 12.9. The first-order valence-electron chi connectivity index (χ1n) is 11.1. The smallest absolute Gasteiger partial charge is 0.326 e. The number of rotatable bonds is 5. The molecule has 33 heavy (non-hydrogen) atoms. The van der Waals surface area contributed by atoms with Crippen LogP contribution in [0.4, 0.5) is 16.2 Å². The molecule has 1 saturated heterocycles. The number of amides is 4. The van der Waals surface area contributed by atoms with Crippen molar-refractivity contribution in [3.05, 3.63) is 33.9 Å². The summed E-state index contributed by atoms with van der Waals surface area (Å²) in [6, 6.07) is 3.67. The van der Waals surface area contributed by atoms with Crippen LogP contribution < -0.4 is 10.2 Å². The number of non-ortho nitro benzene ring substituents is 1. The van der Waals surface area contributed by atoms with Crippen molar-refractivity contribution in [3.63, 3.8) is 0 Å². The van der Waals surface area contributed by atoms with Crippen LogP contribution in [-0.4, -0.2) is 58.9 Å². The quantitative estimate of drug-likeness (QED) is 0.308. The molecule has 1 aliphatic carbocycles. The molecule has 1 N–H and O–H groups in total. The molecule has 11 heteroatoms. The molecule has 2 heterocycles. The summed E-state index contributed by atoms with van der Waals surface area (Å²) in [4.78, 5) is 63.2. The third-order valence-corrected chi connectivity index (χ3v) is 6.84. The fraction of sp³-hybridized carbons (Fsp3) is 0.545. The Bertz CT molecular complexity index is 1030. The average molecular weight is 458 g/mol. The second kappa shape index (κ2) is 8.80. The van der Waals surface area contributed by atoms with E-state index in [9.17, 15) is 29.3 Å². The molecule has 176 valence electrons. The van der Waals surface area contributed by atoms with Gasteiger partial charge in [-0.05, 0) is 43.2 Å². The van der Waals surface area contributed by atoms with E-state index in [0.717, 1.165) is 24.2 Å². The molecule has 0 aromatic heterocycles. The van der Waals surface area contributed by atoms with E-state index in [4.69, 9.17) is 4.74 Å². The van der Waals surface area contributed by atoms with Crippen molar-refractivity contribution < 1.29 is 28.8 Å². The van der Waals surface area contributed by atoms with Crippen LogP contribution in [0.15, 0.2) is 18.2 Å². The van der Waals surface area contributed by atoms with Crippen molar-refractivity contribution in [3.8, 4) is 0 Å². The monoisotopic (exact) mass is 458 g/mol. The van der Waals surface area contributed by atoms with Crippen LogP contribution in [0, 0.1) is 16.0 Å². The van der Waals surface area contributed by atoms with Crippen LogP contribution >= 0.6 is 0 Å². The van der Waals surface area contributed by atoms with Gasteiger partial charge in [0.05, 0.1) is 4.92 Å². The predicted octanol–water partition coefficient (Wildman–Crippen LogP) is 1.92. The summed E-state index contributed by atoms with van der Waals surface area (Å²) >= 11 is 0. The Morgan fingerprint density at radius 1 is 1.27 bits per heavy atom. The van der Waals surface area contributed by atoms with Gasteiger partial charge in [0.25, 0.3) is 17.5 Å². The van der Waals surface area contributed by atoms with Crippen LogP contribution in [0.3, 0.4) is 0 Å². The summed E-state index contributed by atoms with van der Waals surface area (Å²) in [6.45, 7) is 1.20. The molecule has 4 rings (SSSR count). The van der Waals surface area contributed by atoms with Crippen LogP contribution in [-0.2, 0) is 25.5 Å². The number of anilines is 1. The molecule has 4 amide bonds. The summed E-state index contributed by atoms with van der Waals surface area (Å²) < 4.78 is 5.08. The van der Waals surface area contributed by atoms with Gasteiger partial charge in [0, 0.05) is 24.4 Å². The first-order chi connectivity index (χ1) is 15.7. The number of nitro groups is 1. The number of ether oxygens (including phenoxy) is 1. The zero-order valence-electron chi connectivity index (χ0n) is 18.4. The predicted molar refractivity (Wildman–Crippen MR) is 115 cm³/mol. The molecular formula is C22H26N4O7. The highest BCUT2D eigenvalue weighted by molar-refractivity contribution is 6.09. The molecule has 2 atom stereocenters. The number of benzene rings is 1. The van der Waals surface area contributed by atoms with Crippen LogP contribution in [0.5, 0.6) is 0 Å². The zero-order chi connectivity index (χ0) is 23.8. The minimum atomic E-state index is -0.967. The second-order valence-corrected chi connectivity index (χ2v) is 8.82. The van der Waals surface area contributed by atoms with Crippen molar-refractivity contribution in [2.45, 2.75) is 51.0 Å². The third kappa shape index (κ3) is 4.14. The number of nitro benzene ring substituents is 1. The normalized spacial score (nSPS) is 24.5. The van der Waals surface area contributed by atoms with Gasteiger partial charge in [0.15, 0.2) is 6.61 Å². The Labute approximate surface area is 190 Å². The summed E-state index contributed by atoms with van der Waals surface area (Å²) in [5.74, 6) is -1.78. The lowest BCUT2D eigenvalue weighted by Gasteiger charge is -2.36. The Morgan fingerprint density at radius 3 is 2.79 bits per heavy atom. The van der Waals surface area contributed by atoms with E-state index >= 15 is 0 Å².